The van der Waals surface area contributed by atoms with Gasteiger partial charge in [0.05, 0.1) is 0 Å². The third kappa shape index (κ3) is 4.34. The highest BCUT2D eigenvalue weighted by atomic mass is 35.5. The van der Waals surface area contributed by atoms with Crippen LogP contribution in [0, 0.1) is 11.7 Å². The summed E-state index contributed by atoms with van der Waals surface area (Å²) in [7, 11) is 0. The van der Waals surface area contributed by atoms with Crippen LogP contribution in [0.15, 0.2) is 42.5 Å². The van der Waals surface area contributed by atoms with Crippen molar-refractivity contribution in [3.8, 4) is 0 Å². The van der Waals surface area contributed by atoms with Gasteiger partial charge in [0.25, 0.3) is 5.91 Å². The molecule has 1 aliphatic rings. The van der Waals surface area contributed by atoms with Crippen molar-refractivity contribution in [1.82, 2.24) is 4.90 Å². The van der Waals surface area contributed by atoms with E-state index in [-0.39, 0.29) is 30.8 Å². The molecule has 0 bridgehead atoms. The minimum absolute atomic E-state index is 0.0456. The molecule has 1 atom stereocenters. The zero-order valence-electron chi connectivity index (χ0n) is 14.4. The summed E-state index contributed by atoms with van der Waals surface area (Å²) in [4.78, 5) is 14.5. The van der Waals surface area contributed by atoms with E-state index in [0.717, 1.165) is 18.5 Å². The molecule has 3 rings (SSSR count). The second kappa shape index (κ2) is 8.52. The number of halogens is 2. The second-order valence-electron chi connectivity index (χ2n) is 6.58. The lowest BCUT2D eigenvalue weighted by atomic mass is 9.98. The molecule has 0 radical (unpaired) electrons. The van der Waals surface area contributed by atoms with Crippen molar-refractivity contribution in [1.29, 1.82) is 0 Å². The van der Waals surface area contributed by atoms with Crippen LogP contribution in [-0.4, -0.2) is 35.6 Å². The Morgan fingerprint density at radius 1 is 1.31 bits per heavy atom. The lowest BCUT2D eigenvalue weighted by Crippen LogP contribution is -2.40. The normalized spacial score (nSPS) is 17.2. The van der Waals surface area contributed by atoms with E-state index in [1.165, 1.54) is 6.07 Å². The van der Waals surface area contributed by atoms with Crippen LogP contribution in [0.4, 0.5) is 10.1 Å². The third-order valence-corrected chi connectivity index (χ3v) is 5.06. The maximum Gasteiger partial charge on any atom is 0.253 e. The SMILES string of the molecule is O=C(c1cccc(NCc2c(F)cccc2Cl)c1)N1CCCC(CO)C1. The van der Waals surface area contributed by atoms with Gasteiger partial charge in [-0.3, -0.25) is 4.79 Å². The Morgan fingerprint density at radius 3 is 2.88 bits per heavy atom. The topological polar surface area (TPSA) is 52.6 Å². The van der Waals surface area contributed by atoms with Gasteiger partial charge in [0.2, 0.25) is 0 Å². The minimum atomic E-state index is -0.361. The molecule has 1 unspecified atom stereocenters. The number of likely N-dealkylation sites (tertiary alicyclic amines) is 1. The molecule has 2 aromatic rings. The molecule has 1 aliphatic heterocycles. The van der Waals surface area contributed by atoms with E-state index in [1.54, 1.807) is 35.2 Å². The van der Waals surface area contributed by atoms with Gasteiger partial charge in [-0.2, -0.15) is 0 Å². The zero-order valence-corrected chi connectivity index (χ0v) is 15.2. The lowest BCUT2D eigenvalue weighted by Gasteiger charge is -2.32. The standard InChI is InChI=1S/C20H22ClFN2O2/c21-18-7-2-8-19(22)17(18)11-23-16-6-1-5-15(10-16)20(26)24-9-3-4-14(12-24)13-25/h1-2,5-8,10,14,23,25H,3-4,9,11-13H2. The first-order valence-corrected chi connectivity index (χ1v) is 9.13. The van der Waals surface area contributed by atoms with E-state index < -0.39 is 0 Å². The fourth-order valence-electron chi connectivity index (χ4n) is 3.23. The average Bonchev–Trinajstić information content (AvgIpc) is 2.67. The van der Waals surface area contributed by atoms with Crippen molar-refractivity contribution >= 4 is 23.2 Å². The summed E-state index contributed by atoms with van der Waals surface area (Å²) in [6.07, 6.45) is 1.85. The smallest absolute Gasteiger partial charge is 0.253 e. The van der Waals surface area contributed by atoms with Crippen molar-refractivity contribution in [3.05, 3.63) is 64.4 Å². The quantitative estimate of drug-likeness (QED) is 0.831. The zero-order chi connectivity index (χ0) is 18.5. The molecule has 2 aromatic carbocycles. The van der Waals surface area contributed by atoms with Crippen LogP contribution in [0.3, 0.4) is 0 Å². The molecule has 4 nitrogen and oxygen atoms in total. The molecular weight excluding hydrogens is 355 g/mol. The van der Waals surface area contributed by atoms with E-state index in [4.69, 9.17) is 11.6 Å². The lowest BCUT2D eigenvalue weighted by molar-refractivity contribution is 0.0621. The monoisotopic (exact) mass is 376 g/mol. The summed E-state index contributed by atoms with van der Waals surface area (Å²) in [5.74, 6) is -0.256. The third-order valence-electron chi connectivity index (χ3n) is 4.70. The molecule has 0 spiro atoms. The van der Waals surface area contributed by atoms with Crippen LogP contribution in [0.5, 0.6) is 0 Å². The number of nitrogens with one attached hydrogen (secondary N) is 1. The van der Waals surface area contributed by atoms with Crippen molar-refractivity contribution in [3.63, 3.8) is 0 Å². The molecule has 1 heterocycles. The molecule has 6 heteroatoms. The Hall–Kier alpha value is -2.11. The molecule has 0 aliphatic carbocycles. The van der Waals surface area contributed by atoms with Crippen molar-refractivity contribution in [2.24, 2.45) is 5.92 Å². The number of aliphatic hydroxyl groups excluding tert-OH is 1. The molecule has 0 aromatic heterocycles. The summed E-state index contributed by atoms with van der Waals surface area (Å²) >= 11 is 6.05. The van der Waals surface area contributed by atoms with Crippen molar-refractivity contribution in [2.45, 2.75) is 19.4 Å². The van der Waals surface area contributed by atoms with Gasteiger partial charge in [-0.05, 0) is 49.1 Å². The van der Waals surface area contributed by atoms with Crippen LogP contribution in [0.25, 0.3) is 0 Å². The molecule has 1 fully saturated rings. The highest BCUT2D eigenvalue weighted by molar-refractivity contribution is 6.31. The highest BCUT2D eigenvalue weighted by Crippen LogP contribution is 2.22. The Kier molecular flexibility index (Phi) is 6.12. The molecule has 138 valence electrons. The minimum Gasteiger partial charge on any atom is -0.396 e. The van der Waals surface area contributed by atoms with Crippen LogP contribution < -0.4 is 5.32 Å². The average molecular weight is 377 g/mol. The predicted octanol–water partition coefficient (Wildman–Crippen LogP) is 3.94. The predicted molar refractivity (Wildman–Crippen MR) is 101 cm³/mol. The first-order valence-electron chi connectivity index (χ1n) is 8.75. The highest BCUT2D eigenvalue weighted by Gasteiger charge is 2.24. The fourth-order valence-corrected chi connectivity index (χ4v) is 3.46. The number of rotatable bonds is 5. The largest absolute Gasteiger partial charge is 0.396 e. The second-order valence-corrected chi connectivity index (χ2v) is 6.98. The molecular formula is C20H22ClFN2O2. The van der Waals surface area contributed by atoms with Gasteiger partial charge in [-0.25, -0.2) is 4.39 Å². The van der Waals surface area contributed by atoms with Crippen molar-refractivity contribution in [2.75, 3.05) is 25.0 Å². The van der Waals surface area contributed by atoms with E-state index >= 15 is 0 Å². The number of benzene rings is 2. The molecule has 26 heavy (non-hydrogen) atoms. The van der Waals surface area contributed by atoms with Gasteiger partial charge in [-0.1, -0.05) is 23.7 Å². The number of carbonyl (C=O) groups excluding carboxylic acids is 1. The number of amides is 1. The van der Waals surface area contributed by atoms with Crippen LogP contribution in [0.1, 0.15) is 28.8 Å². The van der Waals surface area contributed by atoms with E-state index in [9.17, 15) is 14.3 Å². The number of hydrogen-bond acceptors (Lipinski definition) is 3. The number of aliphatic hydroxyl groups is 1. The van der Waals surface area contributed by atoms with E-state index in [2.05, 4.69) is 5.32 Å². The van der Waals surface area contributed by atoms with Gasteiger partial charge < -0.3 is 15.3 Å². The Labute approximate surface area is 157 Å². The van der Waals surface area contributed by atoms with Gasteiger partial charge in [0.15, 0.2) is 0 Å². The van der Waals surface area contributed by atoms with Crippen LogP contribution >= 0.6 is 11.6 Å². The first-order chi connectivity index (χ1) is 12.6. The van der Waals surface area contributed by atoms with Gasteiger partial charge in [-0.15, -0.1) is 0 Å². The first kappa shape index (κ1) is 18.7. The summed E-state index contributed by atoms with van der Waals surface area (Å²) < 4.78 is 13.9. The summed E-state index contributed by atoms with van der Waals surface area (Å²) in [5.41, 5.74) is 1.70. The Morgan fingerprint density at radius 2 is 2.12 bits per heavy atom. The van der Waals surface area contributed by atoms with Gasteiger partial charge in [0, 0.05) is 48.1 Å². The van der Waals surface area contributed by atoms with Gasteiger partial charge in [0.1, 0.15) is 5.82 Å². The van der Waals surface area contributed by atoms with E-state index in [0.29, 0.717) is 29.2 Å². The molecule has 0 saturated carbocycles. The number of nitrogens with zero attached hydrogens (tertiary/aromatic N) is 1. The molecule has 1 amide bonds. The Bertz CT molecular complexity index is 764. The summed E-state index contributed by atoms with van der Waals surface area (Å²) in [6.45, 7) is 1.63. The van der Waals surface area contributed by atoms with E-state index in [1.807, 2.05) is 6.07 Å². The van der Waals surface area contributed by atoms with Crippen molar-refractivity contribution < 1.29 is 14.3 Å². The fraction of sp³-hybridized carbons (Fsp3) is 0.350. The maximum atomic E-state index is 13.9. The summed E-state index contributed by atoms with van der Waals surface area (Å²) in [6, 6.07) is 11.8. The number of carbonyl (C=O) groups is 1. The van der Waals surface area contributed by atoms with Crippen LogP contribution in [0.2, 0.25) is 5.02 Å². The molecule has 2 N–H and O–H groups in total. The maximum absolute atomic E-state index is 13.9. The van der Waals surface area contributed by atoms with Crippen LogP contribution in [-0.2, 0) is 6.54 Å². The van der Waals surface area contributed by atoms with Gasteiger partial charge >= 0.3 is 0 Å². The molecule has 1 saturated heterocycles. The number of piperidine rings is 1. The number of anilines is 1. The summed E-state index contributed by atoms with van der Waals surface area (Å²) in [5, 5.41) is 12.8. The number of hydrogen-bond donors (Lipinski definition) is 2. The Balaban J connectivity index is 1.69.